The highest BCUT2D eigenvalue weighted by atomic mass is 16.3. The summed E-state index contributed by atoms with van der Waals surface area (Å²) in [4.78, 5) is 40.7. The Morgan fingerprint density at radius 1 is 0.215 bits per heavy atom. The van der Waals surface area contributed by atoms with E-state index >= 15 is 0 Å². The number of hydrogen-bond donors (Lipinski definition) is 0. The van der Waals surface area contributed by atoms with Crippen molar-refractivity contribution in [2.45, 2.75) is 0 Å². The molecule has 93 heavy (non-hydrogen) atoms. The van der Waals surface area contributed by atoms with Crippen molar-refractivity contribution in [3.05, 3.63) is 280 Å². The van der Waals surface area contributed by atoms with E-state index in [4.69, 9.17) is 43.2 Å². The Kier molecular flexibility index (Phi) is 11.7. The molecule has 7 heterocycles. The Morgan fingerprint density at radius 3 is 1.32 bits per heavy atom. The van der Waals surface area contributed by atoms with Crippen LogP contribution in [0.4, 0.5) is 0 Å². The molecule has 7 aromatic heterocycles. The van der Waals surface area contributed by atoms with Crippen molar-refractivity contribution in [1.29, 1.82) is 0 Å². The first kappa shape index (κ1) is 52.1. The topological polar surface area (TPSA) is 143 Å². The van der Waals surface area contributed by atoms with Crippen molar-refractivity contribution in [2.75, 3.05) is 0 Å². The Labute approximate surface area is 529 Å². The largest absolute Gasteiger partial charge is 0.456 e. The number of hydrogen-bond acceptors (Lipinski definition) is 11. The molecular weight excluding hydrogens is 1140 g/mol. The lowest BCUT2D eigenvalue weighted by atomic mass is 9.92. The predicted octanol–water partition coefficient (Wildman–Crippen LogP) is 21.0. The maximum absolute atomic E-state index is 7.02. The van der Waals surface area contributed by atoms with E-state index in [0.29, 0.717) is 51.7 Å². The molecule has 0 saturated heterocycles. The van der Waals surface area contributed by atoms with Gasteiger partial charge in [0.25, 0.3) is 0 Å². The van der Waals surface area contributed by atoms with Crippen LogP contribution < -0.4 is 0 Å². The molecule has 432 valence electrons. The van der Waals surface area contributed by atoms with Crippen LogP contribution in [0.2, 0.25) is 0 Å². The number of nitrogens with zero attached hydrogens (tertiary/aromatic N) is 8. The summed E-state index contributed by atoms with van der Waals surface area (Å²) in [6.45, 7) is 0. The molecule has 0 aliphatic rings. The standard InChI is InChI=1S/C82H46N8O3/c1-3-15-50(16-4-1)77-85-79(56-29-25-48-14-8-10-20-53(48)40-56)89-81(87-77)64-34-33-62(76-74(64)63-21-11-12-22-68(63)92-76)61-32-31-60(75-73(61)67-46-84-38-36-70(67)93-75)55-28-24-49-26-30-57(42-58(49)41-55)80-86-78(51-17-5-2-6-18-51)88-82(90-80)65-43-59(54-27-23-47-13-7-9-19-52(47)39-54)44-71-72(65)66-45-83-37-35-69(66)91-71/h1-46H. The second-order valence-corrected chi connectivity index (χ2v) is 23.4. The van der Waals surface area contributed by atoms with Crippen LogP contribution in [0.5, 0.6) is 0 Å². The highest BCUT2D eigenvalue weighted by molar-refractivity contribution is 6.22. The van der Waals surface area contributed by atoms with Crippen LogP contribution >= 0.6 is 0 Å². The fourth-order valence-electron chi connectivity index (χ4n) is 13.4. The van der Waals surface area contributed by atoms with Crippen molar-refractivity contribution in [1.82, 2.24) is 39.9 Å². The number of pyridine rings is 2. The maximum atomic E-state index is 7.02. The minimum absolute atomic E-state index is 0.511. The van der Waals surface area contributed by atoms with Crippen molar-refractivity contribution in [2.24, 2.45) is 0 Å². The molecule has 0 aliphatic heterocycles. The van der Waals surface area contributed by atoms with Gasteiger partial charge < -0.3 is 13.3 Å². The first-order chi connectivity index (χ1) is 46.0. The molecule has 0 amide bonds. The lowest BCUT2D eigenvalue weighted by Crippen LogP contribution is -2.00. The molecule has 0 bridgehead atoms. The third-order valence-electron chi connectivity index (χ3n) is 17.9. The molecule has 19 rings (SSSR count). The molecule has 19 aromatic rings. The van der Waals surface area contributed by atoms with E-state index in [-0.39, 0.29) is 0 Å². The van der Waals surface area contributed by atoms with E-state index in [0.717, 1.165) is 143 Å². The van der Waals surface area contributed by atoms with Crippen LogP contribution in [0.15, 0.2) is 293 Å². The molecular formula is C82H46N8O3. The fraction of sp³-hybridized carbons (Fsp3) is 0. The number of furan rings is 3. The smallest absolute Gasteiger partial charge is 0.164 e. The van der Waals surface area contributed by atoms with Crippen molar-refractivity contribution in [3.63, 3.8) is 0 Å². The molecule has 0 aliphatic carbocycles. The zero-order chi connectivity index (χ0) is 61.1. The molecule has 0 unspecified atom stereocenters. The van der Waals surface area contributed by atoms with Gasteiger partial charge in [-0.25, -0.2) is 29.9 Å². The number of fused-ring (bicyclic) bond motifs is 12. The maximum Gasteiger partial charge on any atom is 0.164 e. The van der Waals surface area contributed by atoms with Gasteiger partial charge in [0.05, 0.1) is 0 Å². The second kappa shape index (κ2) is 20.9. The molecule has 0 saturated carbocycles. The Balaban J connectivity index is 0.758. The average Bonchev–Trinajstić information content (AvgIpc) is 1.63. The lowest BCUT2D eigenvalue weighted by Gasteiger charge is -2.13. The normalized spacial score (nSPS) is 11.9. The quantitative estimate of drug-likeness (QED) is 0.136. The summed E-state index contributed by atoms with van der Waals surface area (Å²) in [5, 5.41) is 12.0. The second-order valence-electron chi connectivity index (χ2n) is 23.4. The molecule has 12 aromatic carbocycles. The molecule has 0 spiro atoms. The molecule has 0 atom stereocenters. The van der Waals surface area contributed by atoms with E-state index in [1.807, 2.05) is 103 Å². The summed E-state index contributed by atoms with van der Waals surface area (Å²) in [5.41, 5.74) is 15.1. The highest BCUT2D eigenvalue weighted by Gasteiger charge is 2.26. The fourth-order valence-corrected chi connectivity index (χ4v) is 13.4. The first-order valence-electron chi connectivity index (χ1n) is 30.7. The van der Waals surface area contributed by atoms with Gasteiger partial charge in [-0.2, -0.15) is 0 Å². The zero-order valence-electron chi connectivity index (χ0n) is 49.4. The van der Waals surface area contributed by atoms with Crippen molar-refractivity contribution >= 4 is 98.1 Å². The van der Waals surface area contributed by atoms with Gasteiger partial charge in [-0.05, 0) is 127 Å². The van der Waals surface area contributed by atoms with Gasteiger partial charge in [0.15, 0.2) is 34.9 Å². The van der Waals surface area contributed by atoms with Gasteiger partial charge in [-0.1, -0.05) is 182 Å². The van der Waals surface area contributed by atoms with Crippen LogP contribution in [0.1, 0.15) is 0 Å². The summed E-state index contributed by atoms with van der Waals surface area (Å²) in [5.74, 6) is 3.26. The van der Waals surface area contributed by atoms with Crippen LogP contribution in [0.3, 0.4) is 0 Å². The Morgan fingerprint density at radius 2 is 0.656 bits per heavy atom. The van der Waals surface area contributed by atoms with E-state index < -0.39 is 0 Å². The molecule has 0 N–H and O–H groups in total. The molecule has 11 nitrogen and oxygen atoms in total. The van der Waals surface area contributed by atoms with Crippen LogP contribution in [0.25, 0.3) is 200 Å². The summed E-state index contributed by atoms with van der Waals surface area (Å²) >= 11 is 0. The van der Waals surface area contributed by atoms with Crippen LogP contribution in [-0.4, -0.2) is 39.9 Å². The number of para-hydroxylation sites is 1. The minimum atomic E-state index is 0.511. The zero-order valence-corrected chi connectivity index (χ0v) is 49.4. The van der Waals surface area contributed by atoms with E-state index in [9.17, 15) is 0 Å². The predicted molar refractivity (Wildman–Crippen MR) is 372 cm³/mol. The van der Waals surface area contributed by atoms with Gasteiger partial charge in [0.1, 0.15) is 33.5 Å². The highest BCUT2D eigenvalue weighted by Crippen LogP contribution is 2.48. The molecule has 11 heteroatoms. The van der Waals surface area contributed by atoms with E-state index in [1.54, 1.807) is 12.4 Å². The monoisotopic (exact) mass is 1190 g/mol. The summed E-state index contributed by atoms with van der Waals surface area (Å²) in [6.07, 6.45) is 7.26. The molecule has 0 radical (unpaired) electrons. The van der Waals surface area contributed by atoms with Gasteiger partial charge >= 0.3 is 0 Å². The van der Waals surface area contributed by atoms with Crippen LogP contribution in [-0.2, 0) is 0 Å². The summed E-state index contributed by atoms with van der Waals surface area (Å²) in [6, 6.07) is 87.5. The third-order valence-corrected chi connectivity index (χ3v) is 17.9. The van der Waals surface area contributed by atoms with Crippen LogP contribution in [0, 0.1) is 0 Å². The van der Waals surface area contributed by atoms with Crippen molar-refractivity contribution in [3.8, 4) is 102 Å². The van der Waals surface area contributed by atoms with Gasteiger partial charge in [-0.15, -0.1) is 0 Å². The third kappa shape index (κ3) is 8.74. The van der Waals surface area contributed by atoms with Gasteiger partial charge in [0, 0.05) is 102 Å². The summed E-state index contributed by atoms with van der Waals surface area (Å²) in [7, 11) is 0. The number of benzene rings is 12. The SMILES string of the molecule is c1ccc(-c2nc(-c3ccc4ccc(-c5ccc(-c6ccc(-c7nc(-c8ccccc8)nc(-c8ccc9ccccc9c8)n7)c7c6oc6ccccc67)c6c5oc5ccncc56)cc4c3)nc(-c3cc(-c4ccc5ccccc5c4)cc4oc5ccncc5c34)n2)cc1. The Bertz CT molecular complexity index is 6280. The number of rotatable bonds is 9. The minimum Gasteiger partial charge on any atom is -0.456 e. The van der Waals surface area contributed by atoms with Gasteiger partial charge in [0.2, 0.25) is 0 Å². The van der Waals surface area contributed by atoms with E-state index in [2.05, 4.69) is 174 Å². The average molecular weight is 1190 g/mol. The lowest BCUT2D eigenvalue weighted by molar-refractivity contribution is 0.668. The Hall–Kier alpha value is -12.9. The van der Waals surface area contributed by atoms with E-state index in [1.165, 1.54) is 5.39 Å². The molecule has 0 fully saturated rings. The first-order valence-corrected chi connectivity index (χ1v) is 30.7. The van der Waals surface area contributed by atoms with Crippen molar-refractivity contribution < 1.29 is 13.3 Å². The van der Waals surface area contributed by atoms with Gasteiger partial charge in [-0.3, -0.25) is 9.97 Å². The summed E-state index contributed by atoms with van der Waals surface area (Å²) < 4.78 is 20.6. The number of aromatic nitrogens is 8.